The van der Waals surface area contributed by atoms with Crippen LogP contribution in [0.2, 0.25) is 5.02 Å². The Balaban J connectivity index is 2.02. The molecule has 102 valence electrons. The van der Waals surface area contributed by atoms with Gasteiger partial charge < -0.3 is 5.32 Å². The molecule has 0 fully saturated rings. The van der Waals surface area contributed by atoms with Gasteiger partial charge in [-0.05, 0) is 28.8 Å². The molecule has 2 rings (SSSR count). The van der Waals surface area contributed by atoms with Gasteiger partial charge in [0.1, 0.15) is 0 Å². The first-order valence-electron chi connectivity index (χ1n) is 6.42. The largest absolute Gasteiger partial charge is 0.353 e. The number of rotatable bonds is 4. The molecule has 0 atom stereocenters. The summed E-state index contributed by atoms with van der Waals surface area (Å²) in [4.78, 5) is 10.7. The van der Waals surface area contributed by atoms with Crippen LogP contribution in [0.25, 0.3) is 17.2 Å². The van der Waals surface area contributed by atoms with E-state index in [-0.39, 0.29) is 5.91 Å². The molecule has 0 aromatic heterocycles. The molecule has 0 saturated carbocycles. The number of nitrogens with one attached hydrogen (secondary N) is 1. The minimum Gasteiger partial charge on any atom is -0.353 e. The van der Waals surface area contributed by atoms with Gasteiger partial charge in [0, 0.05) is 18.5 Å². The fourth-order valence-electron chi connectivity index (χ4n) is 1.83. The summed E-state index contributed by atoms with van der Waals surface area (Å²) < 4.78 is 0. The predicted octanol–water partition coefficient (Wildman–Crippen LogP) is 4.16. The molecule has 0 radical (unpaired) electrons. The van der Waals surface area contributed by atoms with E-state index >= 15 is 0 Å². The summed E-state index contributed by atoms with van der Waals surface area (Å²) in [6.07, 6.45) is 3.92. The molecule has 0 heterocycles. The Kier molecular flexibility index (Phi) is 4.97. The normalized spacial score (nSPS) is 10.7. The lowest BCUT2D eigenvalue weighted by molar-refractivity contribution is -0.118. The van der Waals surface area contributed by atoms with Gasteiger partial charge in [0.25, 0.3) is 0 Å². The molecule has 0 bridgehead atoms. The average molecular weight is 286 g/mol. The summed E-state index contributed by atoms with van der Waals surface area (Å²) in [7, 11) is 0. The lowest BCUT2D eigenvalue weighted by atomic mass is 10.0. The Hall–Kier alpha value is -2.06. The maximum Gasteiger partial charge on any atom is 0.217 e. The van der Waals surface area contributed by atoms with E-state index in [1.807, 2.05) is 48.6 Å². The maximum absolute atomic E-state index is 10.7. The van der Waals surface area contributed by atoms with E-state index in [0.717, 1.165) is 21.7 Å². The summed E-state index contributed by atoms with van der Waals surface area (Å²) in [5.41, 5.74) is 3.40. The highest BCUT2D eigenvalue weighted by Gasteiger charge is 1.97. The predicted molar refractivity (Wildman–Crippen MR) is 84.6 cm³/mol. The number of benzene rings is 2. The Labute approximate surface area is 124 Å². The zero-order valence-corrected chi connectivity index (χ0v) is 12.0. The number of hydrogen-bond donors (Lipinski definition) is 1. The summed E-state index contributed by atoms with van der Waals surface area (Å²) in [5.74, 6) is -0.0206. The highest BCUT2D eigenvalue weighted by atomic mass is 35.5. The topological polar surface area (TPSA) is 29.1 Å². The average Bonchev–Trinajstić information content (AvgIpc) is 2.45. The van der Waals surface area contributed by atoms with E-state index in [0.29, 0.717) is 6.54 Å². The fraction of sp³-hybridized carbons (Fsp3) is 0.118. The minimum atomic E-state index is -0.0206. The Morgan fingerprint density at radius 3 is 2.15 bits per heavy atom. The van der Waals surface area contributed by atoms with Crippen molar-refractivity contribution in [3.63, 3.8) is 0 Å². The monoisotopic (exact) mass is 285 g/mol. The Morgan fingerprint density at radius 2 is 1.60 bits per heavy atom. The molecule has 0 saturated heterocycles. The molecule has 2 aromatic carbocycles. The first-order chi connectivity index (χ1) is 9.65. The van der Waals surface area contributed by atoms with Gasteiger partial charge in [-0.25, -0.2) is 0 Å². The zero-order chi connectivity index (χ0) is 14.4. The van der Waals surface area contributed by atoms with E-state index in [4.69, 9.17) is 11.6 Å². The van der Waals surface area contributed by atoms with Crippen molar-refractivity contribution in [2.75, 3.05) is 6.54 Å². The van der Waals surface area contributed by atoms with Crippen LogP contribution in [0, 0.1) is 0 Å². The van der Waals surface area contributed by atoms with Crippen LogP contribution in [-0.2, 0) is 4.79 Å². The van der Waals surface area contributed by atoms with Gasteiger partial charge in [-0.1, -0.05) is 60.2 Å². The van der Waals surface area contributed by atoms with Crippen molar-refractivity contribution in [2.45, 2.75) is 6.92 Å². The summed E-state index contributed by atoms with van der Waals surface area (Å²) in [6, 6.07) is 16.0. The second kappa shape index (κ2) is 6.92. The van der Waals surface area contributed by atoms with E-state index < -0.39 is 0 Å². The first kappa shape index (κ1) is 14.4. The van der Waals surface area contributed by atoms with Crippen LogP contribution in [0.5, 0.6) is 0 Å². The van der Waals surface area contributed by atoms with Crippen molar-refractivity contribution < 1.29 is 4.79 Å². The lowest BCUT2D eigenvalue weighted by Gasteiger charge is -2.02. The molecule has 1 amide bonds. The fourth-order valence-corrected chi connectivity index (χ4v) is 1.95. The number of hydrogen-bond acceptors (Lipinski definition) is 1. The number of carbonyl (C=O) groups excluding carboxylic acids is 1. The van der Waals surface area contributed by atoms with Gasteiger partial charge in [-0.15, -0.1) is 0 Å². The summed E-state index contributed by atoms with van der Waals surface area (Å²) in [5, 5.41) is 3.46. The molecule has 2 nitrogen and oxygen atoms in total. The number of carbonyl (C=O) groups is 1. The van der Waals surface area contributed by atoms with Crippen molar-refractivity contribution in [3.8, 4) is 11.1 Å². The molecule has 1 N–H and O–H groups in total. The van der Waals surface area contributed by atoms with E-state index in [1.54, 1.807) is 0 Å². The van der Waals surface area contributed by atoms with E-state index in [1.165, 1.54) is 6.92 Å². The van der Waals surface area contributed by atoms with Gasteiger partial charge in [0.05, 0.1) is 0 Å². The lowest BCUT2D eigenvalue weighted by Crippen LogP contribution is -2.19. The van der Waals surface area contributed by atoms with Crippen LogP contribution in [0.4, 0.5) is 0 Å². The molecular weight excluding hydrogens is 270 g/mol. The van der Waals surface area contributed by atoms with E-state index in [9.17, 15) is 4.79 Å². The van der Waals surface area contributed by atoms with Crippen molar-refractivity contribution in [1.29, 1.82) is 0 Å². The molecule has 3 heteroatoms. The molecule has 0 aliphatic carbocycles. The summed E-state index contributed by atoms with van der Waals surface area (Å²) in [6.45, 7) is 2.06. The molecule has 0 unspecified atom stereocenters. The van der Waals surface area contributed by atoms with Crippen LogP contribution >= 0.6 is 11.6 Å². The van der Waals surface area contributed by atoms with Crippen molar-refractivity contribution in [3.05, 3.63) is 65.2 Å². The van der Waals surface area contributed by atoms with E-state index in [2.05, 4.69) is 17.4 Å². The van der Waals surface area contributed by atoms with Gasteiger partial charge >= 0.3 is 0 Å². The quantitative estimate of drug-likeness (QED) is 0.898. The third-order valence-electron chi connectivity index (χ3n) is 2.87. The van der Waals surface area contributed by atoms with Gasteiger partial charge in [-0.2, -0.15) is 0 Å². The Morgan fingerprint density at radius 1 is 1.05 bits per heavy atom. The molecule has 20 heavy (non-hydrogen) atoms. The number of amides is 1. The van der Waals surface area contributed by atoms with Gasteiger partial charge in [0.2, 0.25) is 5.91 Å². The highest BCUT2D eigenvalue weighted by Crippen LogP contribution is 2.22. The molecule has 2 aromatic rings. The van der Waals surface area contributed by atoms with Crippen LogP contribution in [0.1, 0.15) is 12.5 Å². The standard InChI is InChI=1S/C17H16ClNO/c1-13(20)19-12-2-3-14-4-6-15(7-5-14)16-8-10-17(18)11-9-16/h2-11H,12H2,1H3,(H,19,20). The zero-order valence-electron chi connectivity index (χ0n) is 11.3. The second-order valence-corrected chi connectivity index (χ2v) is 4.90. The van der Waals surface area contributed by atoms with Crippen LogP contribution < -0.4 is 5.32 Å². The smallest absolute Gasteiger partial charge is 0.217 e. The summed E-state index contributed by atoms with van der Waals surface area (Å²) >= 11 is 5.88. The number of halogens is 1. The third-order valence-corrected chi connectivity index (χ3v) is 3.12. The first-order valence-corrected chi connectivity index (χ1v) is 6.80. The van der Waals surface area contributed by atoms with Crippen molar-refractivity contribution in [2.24, 2.45) is 0 Å². The molecular formula is C17H16ClNO. The second-order valence-electron chi connectivity index (χ2n) is 4.47. The third kappa shape index (κ3) is 4.25. The van der Waals surface area contributed by atoms with Crippen LogP contribution in [0.15, 0.2) is 54.6 Å². The highest BCUT2D eigenvalue weighted by molar-refractivity contribution is 6.30. The molecule has 0 aliphatic rings. The Bertz CT molecular complexity index is 600. The van der Waals surface area contributed by atoms with Crippen molar-refractivity contribution >= 4 is 23.6 Å². The van der Waals surface area contributed by atoms with Crippen LogP contribution in [0.3, 0.4) is 0 Å². The molecule has 0 spiro atoms. The van der Waals surface area contributed by atoms with Crippen molar-refractivity contribution in [1.82, 2.24) is 5.32 Å². The van der Waals surface area contributed by atoms with Crippen LogP contribution in [-0.4, -0.2) is 12.5 Å². The van der Waals surface area contributed by atoms with Gasteiger partial charge in [0.15, 0.2) is 0 Å². The maximum atomic E-state index is 10.7. The van der Waals surface area contributed by atoms with Gasteiger partial charge in [-0.3, -0.25) is 4.79 Å². The minimum absolute atomic E-state index is 0.0206. The SMILES string of the molecule is CC(=O)NCC=Cc1ccc(-c2ccc(Cl)cc2)cc1. The molecule has 0 aliphatic heterocycles.